The van der Waals surface area contributed by atoms with Crippen molar-refractivity contribution in [3.63, 3.8) is 0 Å². The molecule has 0 aromatic rings. The van der Waals surface area contributed by atoms with Gasteiger partial charge in [-0.3, -0.25) is 0 Å². The second-order valence-corrected chi connectivity index (χ2v) is 8.33. The fourth-order valence-corrected chi connectivity index (χ4v) is 4.37. The van der Waals surface area contributed by atoms with Gasteiger partial charge in [0.05, 0.1) is 5.92 Å². The highest BCUT2D eigenvalue weighted by Crippen LogP contribution is 2.39. The highest BCUT2D eigenvalue weighted by atomic mass is 19.4. The lowest BCUT2D eigenvalue weighted by atomic mass is 9.81. The summed E-state index contributed by atoms with van der Waals surface area (Å²) in [5, 5.41) is 0. The maximum Gasteiger partial charge on any atom is 0.391 e. The fraction of sp³-hybridized carbons (Fsp3) is 1.00. The molecule has 0 spiro atoms. The van der Waals surface area contributed by atoms with Crippen molar-refractivity contribution in [1.82, 2.24) is 9.80 Å². The topological polar surface area (TPSA) is 6.48 Å². The molecule has 0 bridgehead atoms. The Kier molecular flexibility index (Phi) is 7.86. The molecule has 2 fully saturated rings. The molecule has 2 aliphatic carbocycles. The van der Waals surface area contributed by atoms with E-state index in [0.717, 1.165) is 44.9 Å². The summed E-state index contributed by atoms with van der Waals surface area (Å²) in [7, 11) is 4.18. The van der Waals surface area contributed by atoms with Crippen LogP contribution in [0.4, 0.5) is 13.2 Å². The highest BCUT2D eigenvalue weighted by molar-refractivity contribution is 4.80. The molecule has 142 valence electrons. The monoisotopic (exact) mass is 348 g/mol. The van der Waals surface area contributed by atoms with Gasteiger partial charge in [0.2, 0.25) is 0 Å². The van der Waals surface area contributed by atoms with Crippen molar-refractivity contribution in [3.8, 4) is 0 Å². The molecule has 24 heavy (non-hydrogen) atoms. The van der Waals surface area contributed by atoms with Crippen LogP contribution in [-0.4, -0.2) is 56.3 Å². The fourth-order valence-electron chi connectivity index (χ4n) is 4.37. The number of hydrogen-bond donors (Lipinski definition) is 0. The van der Waals surface area contributed by atoms with Crippen LogP contribution in [0.2, 0.25) is 0 Å². The third-order valence-electron chi connectivity index (χ3n) is 5.93. The average molecular weight is 348 g/mol. The molecule has 0 aliphatic heterocycles. The number of hydrogen-bond acceptors (Lipinski definition) is 2. The molecule has 5 heteroatoms. The summed E-state index contributed by atoms with van der Waals surface area (Å²) in [4.78, 5) is 4.75. The van der Waals surface area contributed by atoms with Crippen LogP contribution in [0.1, 0.15) is 57.8 Å². The summed E-state index contributed by atoms with van der Waals surface area (Å²) in [6.07, 6.45) is 4.90. The van der Waals surface area contributed by atoms with E-state index in [1.165, 1.54) is 32.1 Å². The Hall–Kier alpha value is -0.290. The molecule has 2 aliphatic rings. The Morgan fingerprint density at radius 2 is 1.29 bits per heavy atom. The van der Waals surface area contributed by atoms with Crippen LogP contribution in [0.25, 0.3) is 0 Å². The van der Waals surface area contributed by atoms with Crippen LogP contribution in [0.15, 0.2) is 0 Å². The van der Waals surface area contributed by atoms with Gasteiger partial charge in [0, 0.05) is 26.2 Å². The quantitative estimate of drug-likeness (QED) is 0.652. The maximum atomic E-state index is 12.8. The molecule has 0 aromatic carbocycles. The Morgan fingerprint density at radius 1 is 0.750 bits per heavy atom. The van der Waals surface area contributed by atoms with E-state index in [1.807, 2.05) is 0 Å². The van der Waals surface area contributed by atoms with E-state index in [1.54, 1.807) is 0 Å². The molecular formula is C19H35F3N2. The van der Waals surface area contributed by atoms with E-state index in [0.29, 0.717) is 18.8 Å². The average Bonchev–Trinajstić information content (AvgIpc) is 2.53. The molecule has 0 unspecified atom stereocenters. The van der Waals surface area contributed by atoms with Crippen molar-refractivity contribution in [3.05, 3.63) is 0 Å². The summed E-state index contributed by atoms with van der Waals surface area (Å²) in [6, 6.07) is 0. The number of rotatable bonds is 7. The van der Waals surface area contributed by atoms with Gasteiger partial charge in [0.25, 0.3) is 0 Å². The van der Waals surface area contributed by atoms with Crippen LogP contribution >= 0.6 is 0 Å². The zero-order valence-corrected chi connectivity index (χ0v) is 15.5. The van der Waals surface area contributed by atoms with Gasteiger partial charge < -0.3 is 9.80 Å². The van der Waals surface area contributed by atoms with E-state index in [-0.39, 0.29) is 0 Å². The Bertz CT molecular complexity index is 343. The van der Waals surface area contributed by atoms with Crippen molar-refractivity contribution in [2.45, 2.75) is 64.0 Å². The molecule has 0 amide bonds. The third kappa shape index (κ3) is 6.91. The molecule has 0 N–H and O–H groups in total. The minimum atomic E-state index is -3.99. The highest BCUT2D eigenvalue weighted by Gasteiger charge is 2.41. The van der Waals surface area contributed by atoms with Crippen LogP contribution < -0.4 is 0 Å². The first-order valence-electron chi connectivity index (χ1n) is 9.78. The zero-order valence-electron chi connectivity index (χ0n) is 15.5. The number of nitrogens with zero attached hydrogens (tertiary/aromatic N) is 2. The molecule has 0 aromatic heterocycles. The van der Waals surface area contributed by atoms with Gasteiger partial charge in [-0.25, -0.2) is 0 Å². The normalized spacial score (nSPS) is 27.1. The van der Waals surface area contributed by atoms with Crippen LogP contribution in [0.3, 0.4) is 0 Å². The molecule has 2 rings (SSSR count). The lowest BCUT2D eigenvalue weighted by Crippen LogP contribution is -2.40. The number of alkyl halides is 3. The van der Waals surface area contributed by atoms with Crippen molar-refractivity contribution in [2.75, 3.05) is 40.3 Å². The van der Waals surface area contributed by atoms with E-state index in [2.05, 4.69) is 23.9 Å². The molecule has 0 saturated heterocycles. The predicted molar refractivity (Wildman–Crippen MR) is 93.1 cm³/mol. The first-order chi connectivity index (χ1) is 11.3. The Balaban J connectivity index is 1.81. The lowest BCUT2D eigenvalue weighted by molar-refractivity contribution is -0.184. The van der Waals surface area contributed by atoms with Crippen LogP contribution in [-0.2, 0) is 0 Å². The van der Waals surface area contributed by atoms with Gasteiger partial charge >= 0.3 is 6.18 Å². The summed E-state index contributed by atoms with van der Waals surface area (Å²) < 4.78 is 38.5. The van der Waals surface area contributed by atoms with Crippen molar-refractivity contribution in [2.24, 2.45) is 17.8 Å². The molecule has 0 atom stereocenters. The van der Waals surface area contributed by atoms with Crippen molar-refractivity contribution in [1.29, 1.82) is 0 Å². The molecule has 0 heterocycles. The van der Waals surface area contributed by atoms with Gasteiger partial charge in [0.1, 0.15) is 0 Å². The van der Waals surface area contributed by atoms with Gasteiger partial charge in [-0.05, 0) is 64.5 Å². The minimum absolute atomic E-state index is 0.332. The zero-order chi connectivity index (χ0) is 17.6. The van der Waals surface area contributed by atoms with E-state index >= 15 is 0 Å². The summed E-state index contributed by atoms with van der Waals surface area (Å²) in [6.45, 7) is 4.22. The molecular weight excluding hydrogens is 313 g/mol. The van der Waals surface area contributed by atoms with E-state index in [9.17, 15) is 13.2 Å². The third-order valence-corrected chi connectivity index (χ3v) is 5.93. The summed E-state index contributed by atoms with van der Waals surface area (Å²) in [5.74, 6) is 0.198. The molecule has 0 radical (unpaired) electrons. The van der Waals surface area contributed by atoms with Gasteiger partial charge in [-0.15, -0.1) is 0 Å². The van der Waals surface area contributed by atoms with E-state index in [4.69, 9.17) is 0 Å². The van der Waals surface area contributed by atoms with Gasteiger partial charge in [0.15, 0.2) is 0 Å². The Morgan fingerprint density at radius 3 is 1.79 bits per heavy atom. The van der Waals surface area contributed by atoms with Crippen molar-refractivity contribution >= 4 is 0 Å². The van der Waals surface area contributed by atoms with Crippen molar-refractivity contribution < 1.29 is 13.2 Å². The molecule has 2 nitrogen and oxygen atoms in total. The number of likely N-dealkylation sites (N-methyl/N-ethyl adjacent to an activating group) is 1. The van der Waals surface area contributed by atoms with Crippen LogP contribution in [0.5, 0.6) is 0 Å². The Labute approximate surface area is 145 Å². The van der Waals surface area contributed by atoms with E-state index < -0.39 is 12.1 Å². The summed E-state index contributed by atoms with van der Waals surface area (Å²) >= 11 is 0. The second-order valence-electron chi connectivity index (χ2n) is 8.33. The maximum absolute atomic E-state index is 12.8. The number of halogens is 3. The van der Waals surface area contributed by atoms with Gasteiger partial charge in [-0.1, -0.05) is 19.3 Å². The molecule has 2 saturated carbocycles. The lowest BCUT2D eigenvalue weighted by Gasteiger charge is -2.36. The first-order valence-corrected chi connectivity index (χ1v) is 9.78. The minimum Gasteiger partial charge on any atom is -0.308 e. The standard InChI is InChI=1S/C19H35F3N2/c1-23(2)12-13-24(14-16-6-4-3-5-7-16)15-17-8-10-18(11-9-17)19(20,21)22/h16-18H,3-15H2,1-2H3. The SMILES string of the molecule is CN(C)CCN(CC1CCCCC1)CC1CCC(C(F)(F)F)CC1. The first kappa shape index (κ1) is 20.0. The summed E-state index contributed by atoms with van der Waals surface area (Å²) in [5.41, 5.74) is 0. The smallest absolute Gasteiger partial charge is 0.308 e. The van der Waals surface area contributed by atoms with Crippen LogP contribution in [0, 0.1) is 17.8 Å². The second kappa shape index (κ2) is 9.42. The largest absolute Gasteiger partial charge is 0.391 e. The predicted octanol–water partition coefficient (Wildman–Crippen LogP) is 4.80. The van der Waals surface area contributed by atoms with Gasteiger partial charge in [-0.2, -0.15) is 13.2 Å².